The lowest BCUT2D eigenvalue weighted by Gasteiger charge is -2.35. The zero-order valence-electron chi connectivity index (χ0n) is 9.69. The highest BCUT2D eigenvalue weighted by molar-refractivity contribution is 5.35. The van der Waals surface area contributed by atoms with Gasteiger partial charge >= 0.3 is 0 Å². The summed E-state index contributed by atoms with van der Waals surface area (Å²) < 4.78 is 0. The Hall–Kier alpha value is -1.63. The lowest BCUT2D eigenvalue weighted by molar-refractivity contribution is -0.328. The third kappa shape index (κ3) is 2.38. The van der Waals surface area contributed by atoms with Crippen molar-refractivity contribution < 1.29 is 9.78 Å². The van der Waals surface area contributed by atoms with Crippen molar-refractivity contribution in [1.29, 1.82) is 5.26 Å². The van der Waals surface area contributed by atoms with E-state index in [0.717, 1.165) is 12.8 Å². The van der Waals surface area contributed by atoms with Gasteiger partial charge in [-0.1, -0.05) is 18.2 Å². The molecule has 3 nitrogen and oxygen atoms in total. The van der Waals surface area contributed by atoms with E-state index in [4.69, 9.17) is 15.0 Å². The summed E-state index contributed by atoms with van der Waals surface area (Å²) in [6, 6.07) is 9.80. The van der Waals surface area contributed by atoms with Crippen LogP contribution in [-0.4, -0.2) is 13.2 Å². The van der Waals surface area contributed by atoms with Crippen LogP contribution in [0.5, 0.6) is 0 Å². The fourth-order valence-electron chi connectivity index (χ4n) is 2.20. The van der Waals surface area contributed by atoms with E-state index >= 15 is 0 Å². The molecule has 0 aromatic heterocycles. The number of rotatable bonds is 3. The fourth-order valence-corrected chi connectivity index (χ4v) is 2.20. The van der Waals surface area contributed by atoms with Gasteiger partial charge in [-0.2, -0.15) is 5.26 Å². The van der Waals surface area contributed by atoms with Gasteiger partial charge in [0.05, 0.1) is 24.8 Å². The van der Waals surface area contributed by atoms with Gasteiger partial charge in [-0.25, -0.2) is 9.78 Å². The molecular weight excluding hydrogens is 214 g/mol. The van der Waals surface area contributed by atoms with Gasteiger partial charge in [0, 0.05) is 5.41 Å². The van der Waals surface area contributed by atoms with Crippen LogP contribution in [0, 0.1) is 11.3 Å². The van der Waals surface area contributed by atoms with Gasteiger partial charge in [-0.3, -0.25) is 0 Å². The lowest BCUT2D eigenvalue weighted by Crippen LogP contribution is -2.37. The second-order valence-electron chi connectivity index (χ2n) is 4.30. The molecule has 1 aromatic rings. The van der Waals surface area contributed by atoms with E-state index in [1.54, 1.807) is 0 Å². The molecule has 1 unspecified atom stereocenters. The van der Waals surface area contributed by atoms with E-state index in [2.05, 4.69) is 12.6 Å². The molecule has 88 valence electrons. The molecule has 1 atom stereocenters. The van der Waals surface area contributed by atoms with Gasteiger partial charge in [0.1, 0.15) is 0 Å². The monoisotopic (exact) mass is 229 g/mol. The van der Waals surface area contributed by atoms with Crippen LogP contribution in [-0.2, 0) is 15.2 Å². The molecule has 1 aromatic carbocycles. The molecule has 0 aliphatic carbocycles. The summed E-state index contributed by atoms with van der Waals surface area (Å²) in [5.41, 5.74) is 1.80. The molecule has 1 aliphatic heterocycles. The lowest BCUT2D eigenvalue weighted by atomic mass is 9.75. The Morgan fingerprint density at radius 1 is 1.35 bits per heavy atom. The second-order valence-corrected chi connectivity index (χ2v) is 4.30. The first kappa shape index (κ1) is 11.8. The minimum absolute atomic E-state index is 0.0615. The predicted molar refractivity (Wildman–Crippen MR) is 64.2 cm³/mol. The number of allylic oxidation sites excluding steroid dienone is 1. The Morgan fingerprint density at radius 2 is 2.12 bits per heavy atom. The van der Waals surface area contributed by atoms with Gasteiger partial charge in [0.25, 0.3) is 0 Å². The largest absolute Gasteiger partial charge is 0.237 e. The second kappa shape index (κ2) is 5.13. The smallest absolute Gasteiger partial charge is 0.0991 e. The van der Waals surface area contributed by atoms with Crippen LogP contribution in [0.3, 0.4) is 0 Å². The molecule has 0 N–H and O–H groups in total. The van der Waals surface area contributed by atoms with Crippen molar-refractivity contribution >= 4 is 0 Å². The first-order chi connectivity index (χ1) is 8.30. The van der Waals surface area contributed by atoms with Crippen LogP contribution >= 0.6 is 0 Å². The topological polar surface area (TPSA) is 42.2 Å². The van der Waals surface area contributed by atoms with E-state index in [-0.39, 0.29) is 5.41 Å². The van der Waals surface area contributed by atoms with Crippen LogP contribution in [0.25, 0.3) is 0 Å². The minimum atomic E-state index is -0.0615. The van der Waals surface area contributed by atoms with E-state index < -0.39 is 0 Å². The maximum atomic E-state index is 8.80. The zero-order valence-corrected chi connectivity index (χ0v) is 9.69. The van der Waals surface area contributed by atoms with Crippen LogP contribution in [0.15, 0.2) is 36.9 Å². The molecule has 17 heavy (non-hydrogen) atoms. The maximum absolute atomic E-state index is 8.80. The predicted octanol–water partition coefficient (Wildman–Crippen LogP) is 2.72. The van der Waals surface area contributed by atoms with Gasteiger partial charge in [0.2, 0.25) is 0 Å². The molecule has 0 amide bonds. The zero-order chi connectivity index (χ0) is 12.1. The molecule has 0 radical (unpaired) electrons. The highest BCUT2D eigenvalue weighted by Crippen LogP contribution is 2.35. The number of hydrogen-bond donors (Lipinski definition) is 0. The number of nitriles is 1. The molecular formula is C14H15NO2. The average molecular weight is 229 g/mol. The molecule has 0 saturated carbocycles. The molecule has 1 saturated heterocycles. The molecule has 0 bridgehead atoms. The van der Waals surface area contributed by atoms with Crippen LogP contribution in [0.2, 0.25) is 0 Å². The van der Waals surface area contributed by atoms with Gasteiger partial charge in [-0.05, 0) is 30.5 Å². The van der Waals surface area contributed by atoms with Crippen molar-refractivity contribution in [2.24, 2.45) is 0 Å². The molecule has 2 rings (SSSR count). The van der Waals surface area contributed by atoms with Crippen molar-refractivity contribution in [3.63, 3.8) is 0 Å². The Labute approximate surface area is 101 Å². The number of benzene rings is 1. The van der Waals surface area contributed by atoms with Crippen LogP contribution in [0.1, 0.15) is 24.0 Å². The van der Waals surface area contributed by atoms with Crippen molar-refractivity contribution in [3.05, 3.63) is 48.0 Å². The first-order valence-electron chi connectivity index (χ1n) is 5.67. The third-order valence-corrected chi connectivity index (χ3v) is 3.24. The van der Waals surface area contributed by atoms with E-state index in [9.17, 15) is 0 Å². The third-order valence-electron chi connectivity index (χ3n) is 3.24. The van der Waals surface area contributed by atoms with Crippen molar-refractivity contribution in [2.45, 2.75) is 18.3 Å². The fraction of sp³-hybridized carbons (Fsp3) is 0.357. The summed E-state index contributed by atoms with van der Waals surface area (Å²) in [5, 5.41) is 8.80. The quantitative estimate of drug-likeness (QED) is 0.591. The van der Waals surface area contributed by atoms with Crippen molar-refractivity contribution in [3.8, 4) is 6.07 Å². The number of hydrogen-bond acceptors (Lipinski definition) is 3. The first-order valence-corrected chi connectivity index (χ1v) is 5.67. The Morgan fingerprint density at radius 3 is 2.65 bits per heavy atom. The Balaban J connectivity index is 2.31. The molecule has 1 heterocycles. The van der Waals surface area contributed by atoms with Crippen LogP contribution in [0.4, 0.5) is 0 Å². The summed E-state index contributed by atoms with van der Waals surface area (Å²) in [4.78, 5) is 10.1. The van der Waals surface area contributed by atoms with E-state index in [1.165, 1.54) is 5.56 Å². The Bertz CT molecular complexity index is 425. The summed E-state index contributed by atoms with van der Waals surface area (Å²) in [5.74, 6) is 0. The summed E-state index contributed by atoms with van der Waals surface area (Å²) in [6.45, 7) is 4.93. The highest BCUT2D eigenvalue weighted by atomic mass is 17.2. The average Bonchev–Trinajstić information content (AvgIpc) is 2.40. The Kier molecular flexibility index (Phi) is 3.58. The minimum Gasteiger partial charge on any atom is -0.237 e. The molecule has 1 aliphatic rings. The highest BCUT2D eigenvalue weighted by Gasteiger charge is 2.34. The normalized spacial score (nSPS) is 23.9. The molecule has 1 fully saturated rings. The summed E-state index contributed by atoms with van der Waals surface area (Å²) in [6.07, 6.45) is 3.67. The SMILES string of the molecule is C=CCC1(c2ccc(C#N)cc2)CCOOC1. The molecule has 3 heteroatoms. The molecule has 0 spiro atoms. The van der Waals surface area contributed by atoms with Gasteiger partial charge in [0.15, 0.2) is 0 Å². The number of nitrogens with zero attached hydrogens (tertiary/aromatic N) is 1. The van der Waals surface area contributed by atoms with Crippen molar-refractivity contribution in [1.82, 2.24) is 0 Å². The van der Waals surface area contributed by atoms with Gasteiger partial charge in [-0.15, -0.1) is 6.58 Å². The summed E-state index contributed by atoms with van der Waals surface area (Å²) in [7, 11) is 0. The van der Waals surface area contributed by atoms with Gasteiger partial charge < -0.3 is 0 Å². The van der Waals surface area contributed by atoms with E-state index in [1.807, 2.05) is 30.3 Å². The summed E-state index contributed by atoms with van der Waals surface area (Å²) >= 11 is 0. The van der Waals surface area contributed by atoms with Crippen molar-refractivity contribution in [2.75, 3.05) is 13.2 Å². The van der Waals surface area contributed by atoms with Crippen LogP contribution < -0.4 is 0 Å². The maximum Gasteiger partial charge on any atom is 0.0991 e. The standard InChI is InChI=1S/C14H15NO2/c1-2-7-14(8-9-16-17-11-14)13-5-3-12(10-15)4-6-13/h2-6H,1,7-9,11H2. The van der Waals surface area contributed by atoms with E-state index in [0.29, 0.717) is 18.8 Å².